The van der Waals surface area contributed by atoms with Crippen LogP contribution < -0.4 is 9.62 Å². The van der Waals surface area contributed by atoms with Gasteiger partial charge in [0.15, 0.2) is 0 Å². The number of nitrogens with one attached hydrogen (secondary N) is 1. The van der Waals surface area contributed by atoms with Gasteiger partial charge in [-0.25, -0.2) is 17.9 Å². The lowest BCUT2D eigenvalue weighted by atomic mass is 10.1. The third-order valence-corrected chi connectivity index (χ3v) is 5.73. The molecule has 7 nitrogen and oxygen atoms in total. The van der Waals surface area contributed by atoms with Crippen molar-refractivity contribution in [3.8, 4) is 0 Å². The third kappa shape index (κ3) is 5.69. The monoisotopic (exact) mass is 384 g/mol. The first-order valence-electron chi connectivity index (χ1n) is 9.05. The minimum absolute atomic E-state index is 0.0258. The van der Waals surface area contributed by atoms with Crippen LogP contribution in [0.3, 0.4) is 0 Å². The zero-order valence-corrected chi connectivity index (χ0v) is 16.2. The highest BCUT2D eigenvalue weighted by molar-refractivity contribution is 7.89. The van der Waals surface area contributed by atoms with Gasteiger partial charge in [0, 0.05) is 26.2 Å². The molecule has 0 unspecified atom stereocenters. The fourth-order valence-corrected chi connectivity index (χ4v) is 4.05. The highest BCUT2D eigenvalue weighted by atomic mass is 32.2. The number of carbonyl (C=O) groups is 1. The maximum atomic E-state index is 12.4. The quantitative estimate of drug-likeness (QED) is 0.635. The average molecular weight is 384 g/mol. The first-order chi connectivity index (χ1) is 12.3. The molecule has 1 saturated heterocycles. The molecule has 0 aromatic heterocycles. The van der Waals surface area contributed by atoms with Crippen molar-refractivity contribution in [2.24, 2.45) is 0 Å². The van der Waals surface area contributed by atoms with Gasteiger partial charge in [-0.05, 0) is 57.7 Å². The molecule has 1 aromatic rings. The van der Waals surface area contributed by atoms with Gasteiger partial charge < -0.3 is 14.7 Å². The molecular weight excluding hydrogens is 356 g/mol. The Bertz CT molecular complexity index is 712. The summed E-state index contributed by atoms with van der Waals surface area (Å²) < 4.78 is 32.7. The van der Waals surface area contributed by atoms with Crippen LogP contribution in [-0.2, 0) is 14.8 Å². The van der Waals surface area contributed by atoms with Crippen LogP contribution in [0.25, 0.3) is 0 Å². The number of ether oxygens (including phenoxy) is 1. The van der Waals surface area contributed by atoms with E-state index in [1.54, 1.807) is 6.07 Å². The van der Waals surface area contributed by atoms with E-state index in [0.29, 0.717) is 18.7 Å². The van der Waals surface area contributed by atoms with Crippen molar-refractivity contribution in [2.45, 2.75) is 50.5 Å². The SMILES string of the molecule is CC(C)OCCCNS(=O)(=O)c1ccc(N2CCCCC2)c(C(=O)O)c1. The number of piperidine rings is 1. The summed E-state index contributed by atoms with van der Waals surface area (Å²) in [5.74, 6) is -1.12. The fraction of sp³-hybridized carbons (Fsp3) is 0.611. The maximum Gasteiger partial charge on any atom is 0.337 e. The number of sulfonamides is 1. The summed E-state index contributed by atoms with van der Waals surface area (Å²) in [5.41, 5.74) is 0.611. The molecule has 8 heteroatoms. The van der Waals surface area contributed by atoms with Gasteiger partial charge >= 0.3 is 5.97 Å². The Morgan fingerprint density at radius 3 is 2.58 bits per heavy atom. The van der Waals surface area contributed by atoms with Crippen molar-refractivity contribution < 1.29 is 23.1 Å². The third-order valence-electron chi connectivity index (χ3n) is 4.27. The number of aromatic carboxylic acids is 1. The highest BCUT2D eigenvalue weighted by Gasteiger charge is 2.22. The molecule has 1 fully saturated rings. The average Bonchev–Trinajstić information content (AvgIpc) is 2.61. The predicted molar refractivity (Wildman–Crippen MR) is 100 cm³/mol. The number of carboxylic acids is 1. The number of hydrogen-bond donors (Lipinski definition) is 2. The molecule has 0 spiro atoms. The van der Waals surface area contributed by atoms with Gasteiger partial charge in [-0.15, -0.1) is 0 Å². The number of benzene rings is 1. The summed E-state index contributed by atoms with van der Waals surface area (Å²) in [4.78, 5) is 13.6. The van der Waals surface area contributed by atoms with E-state index in [2.05, 4.69) is 4.72 Å². The summed E-state index contributed by atoms with van der Waals surface area (Å²) in [6, 6.07) is 4.33. The van der Waals surface area contributed by atoms with Crippen LogP contribution in [0.1, 0.15) is 49.9 Å². The standard InChI is InChI=1S/C18H28N2O5S/c1-14(2)25-12-6-9-19-26(23,24)15-7-8-17(16(13-15)18(21)22)20-10-4-3-5-11-20/h7-8,13-14,19H,3-6,9-12H2,1-2H3,(H,21,22). The van der Waals surface area contributed by atoms with Crippen molar-refractivity contribution in [1.29, 1.82) is 0 Å². The van der Waals surface area contributed by atoms with Crippen LogP contribution in [-0.4, -0.2) is 51.8 Å². The van der Waals surface area contributed by atoms with Gasteiger partial charge in [-0.2, -0.15) is 0 Å². The Morgan fingerprint density at radius 2 is 1.96 bits per heavy atom. The lowest BCUT2D eigenvalue weighted by molar-refractivity contribution is 0.0697. The molecule has 2 rings (SSSR count). The normalized spacial score (nSPS) is 15.4. The van der Waals surface area contributed by atoms with Crippen molar-refractivity contribution in [2.75, 3.05) is 31.1 Å². The summed E-state index contributed by atoms with van der Waals surface area (Å²) in [6.07, 6.45) is 3.82. The zero-order chi connectivity index (χ0) is 19.2. The Morgan fingerprint density at radius 1 is 1.27 bits per heavy atom. The number of nitrogens with zero attached hydrogens (tertiary/aromatic N) is 1. The first kappa shape index (κ1) is 20.7. The molecule has 0 atom stereocenters. The molecule has 1 aliphatic rings. The van der Waals surface area contributed by atoms with E-state index in [0.717, 1.165) is 32.4 Å². The topological polar surface area (TPSA) is 95.9 Å². The van der Waals surface area contributed by atoms with Crippen LogP contribution in [0.4, 0.5) is 5.69 Å². The molecule has 0 amide bonds. The van der Waals surface area contributed by atoms with Gasteiger partial charge in [0.2, 0.25) is 10.0 Å². The summed E-state index contributed by atoms with van der Waals surface area (Å²) >= 11 is 0. The van der Waals surface area contributed by atoms with Crippen LogP contribution >= 0.6 is 0 Å². The van der Waals surface area contributed by atoms with Gasteiger partial charge in [-0.3, -0.25) is 0 Å². The Kier molecular flexibility index (Phi) is 7.43. The lowest BCUT2D eigenvalue weighted by Gasteiger charge is -2.30. The second-order valence-electron chi connectivity index (χ2n) is 6.70. The lowest BCUT2D eigenvalue weighted by Crippen LogP contribution is -2.31. The summed E-state index contributed by atoms with van der Waals surface area (Å²) in [6.45, 7) is 6.13. The van der Waals surface area contributed by atoms with E-state index in [9.17, 15) is 18.3 Å². The zero-order valence-electron chi connectivity index (χ0n) is 15.4. The molecule has 0 radical (unpaired) electrons. The van der Waals surface area contributed by atoms with Gasteiger partial charge in [0.1, 0.15) is 0 Å². The molecule has 0 saturated carbocycles. The largest absolute Gasteiger partial charge is 0.478 e. The predicted octanol–water partition coefficient (Wildman–Crippen LogP) is 2.47. The molecule has 1 aromatic carbocycles. The Hall–Kier alpha value is -1.64. The molecule has 26 heavy (non-hydrogen) atoms. The molecular formula is C18H28N2O5S. The van der Waals surface area contributed by atoms with Crippen molar-refractivity contribution in [1.82, 2.24) is 4.72 Å². The molecule has 0 aliphatic carbocycles. The first-order valence-corrected chi connectivity index (χ1v) is 10.5. The van der Waals surface area contributed by atoms with Crippen molar-refractivity contribution >= 4 is 21.7 Å². The summed E-state index contributed by atoms with van der Waals surface area (Å²) in [7, 11) is -3.75. The van der Waals surface area contributed by atoms with E-state index in [-0.39, 0.29) is 23.1 Å². The van der Waals surface area contributed by atoms with Crippen LogP contribution in [0.15, 0.2) is 23.1 Å². The molecule has 1 aliphatic heterocycles. The van der Waals surface area contributed by atoms with Crippen LogP contribution in [0, 0.1) is 0 Å². The fourth-order valence-electron chi connectivity index (χ4n) is 2.95. The van der Waals surface area contributed by atoms with Crippen molar-refractivity contribution in [3.63, 3.8) is 0 Å². The van der Waals surface area contributed by atoms with Gasteiger partial charge in [0.25, 0.3) is 0 Å². The minimum Gasteiger partial charge on any atom is -0.478 e. The molecule has 1 heterocycles. The second-order valence-corrected chi connectivity index (χ2v) is 8.47. The summed E-state index contributed by atoms with van der Waals surface area (Å²) in [5, 5.41) is 9.53. The van der Waals surface area contributed by atoms with Crippen molar-refractivity contribution in [3.05, 3.63) is 23.8 Å². The maximum absolute atomic E-state index is 12.4. The molecule has 146 valence electrons. The van der Waals surface area contributed by atoms with Crippen LogP contribution in [0.2, 0.25) is 0 Å². The number of hydrogen-bond acceptors (Lipinski definition) is 5. The smallest absolute Gasteiger partial charge is 0.337 e. The Balaban J connectivity index is 2.10. The number of carboxylic acid groups (broad SMARTS) is 1. The van der Waals surface area contributed by atoms with Crippen LogP contribution in [0.5, 0.6) is 0 Å². The molecule has 0 bridgehead atoms. The Labute approximate surface area is 155 Å². The highest BCUT2D eigenvalue weighted by Crippen LogP contribution is 2.27. The number of anilines is 1. The van der Waals surface area contributed by atoms with Gasteiger partial charge in [0.05, 0.1) is 22.3 Å². The minimum atomic E-state index is -3.75. The second kappa shape index (κ2) is 9.34. The number of rotatable bonds is 9. The van der Waals surface area contributed by atoms with E-state index in [4.69, 9.17) is 4.74 Å². The van der Waals surface area contributed by atoms with E-state index < -0.39 is 16.0 Å². The molecule has 2 N–H and O–H groups in total. The van der Waals surface area contributed by atoms with E-state index in [1.807, 2.05) is 18.7 Å². The van der Waals surface area contributed by atoms with E-state index >= 15 is 0 Å². The van der Waals surface area contributed by atoms with Gasteiger partial charge in [-0.1, -0.05) is 0 Å². The van der Waals surface area contributed by atoms with E-state index in [1.165, 1.54) is 12.1 Å².